The number of fused-ring (bicyclic) bond motifs is 1. The van der Waals surface area contributed by atoms with Gasteiger partial charge in [0.2, 0.25) is 0 Å². The van der Waals surface area contributed by atoms with Crippen LogP contribution in [0.4, 0.5) is 0 Å². The van der Waals surface area contributed by atoms with Crippen LogP contribution in [0.2, 0.25) is 0 Å². The first-order valence-electron chi connectivity index (χ1n) is 7.37. The van der Waals surface area contributed by atoms with Crippen molar-refractivity contribution in [3.8, 4) is 0 Å². The van der Waals surface area contributed by atoms with Crippen LogP contribution in [0.3, 0.4) is 0 Å². The maximum Gasteiger partial charge on any atom is 0.0841 e. The van der Waals surface area contributed by atoms with E-state index < -0.39 is 0 Å². The minimum atomic E-state index is 0.711. The number of hydrogen-bond donors (Lipinski definition) is 1. The minimum absolute atomic E-state index is 0.711. The molecule has 2 rings (SSSR count). The molecule has 1 aromatic carbocycles. The van der Waals surface area contributed by atoms with Gasteiger partial charge in [-0.05, 0) is 18.4 Å². The second-order valence-corrected chi connectivity index (χ2v) is 5.56. The molecular formula is C16H25N3O. The summed E-state index contributed by atoms with van der Waals surface area (Å²) in [5.41, 5.74) is 2.28. The van der Waals surface area contributed by atoms with Crippen molar-refractivity contribution in [1.29, 1.82) is 0 Å². The Morgan fingerprint density at radius 1 is 1.25 bits per heavy atom. The van der Waals surface area contributed by atoms with Crippen molar-refractivity contribution in [3.63, 3.8) is 0 Å². The van der Waals surface area contributed by atoms with Crippen molar-refractivity contribution in [2.45, 2.75) is 26.8 Å². The number of aryl methyl sites for hydroxylation is 1. The summed E-state index contributed by atoms with van der Waals surface area (Å²) < 4.78 is 7.52. The van der Waals surface area contributed by atoms with E-state index in [-0.39, 0.29) is 0 Å². The number of rotatable bonds is 8. The van der Waals surface area contributed by atoms with E-state index in [4.69, 9.17) is 4.74 Å². The predicted molar refractivity (Wildman–Crippen MR) is 82.7 cm³/mol. The lowest BCUT2D eigenvalue weighted by molar-refractivity contribution is 0.125. The quantitative estimate of drug-likeness (QED) is 0.753. The molecule has 0 bridgehead atoms. The maximum atomic E-state index is 5.59. The molecule has 0 fully saturated rings. The highest BCUT2D eigenvalue weighted by Gasteiger charge is 2.06. The van der Waals surface area contributed by atoms with E-state index in [0.29, 0.717) is 5.92 Å². The van der Waals surface area contributed by atoms with Crippen LogP contribution in [0, 0.1) is 5.92 Å². The zero-order valence-electron chi connectivity index (χ0n) is 12.7. The first kappa shape index (κ1) is 15.0. The summed E-state index contributed by atoms with van der Waals surface area (Å²) in [6.07, 6.45) is 1.13. The molecule has 1 aromatic heterocycles. The molecule has 1 heterocycles. The maximum absolute atomic E-state index is 5.59. The molecule has 0 saturated carbocycles. The van der Waals surface area contributed by atoms with Gasteiger partial charge in [-0.3, -0.25) is 4.68 Å². The van der Waals surface area contributed by atoms with Gasteiger partial charge in [0.25, 0.3) is 0 Å². The second kappa shape index (κ2) is 7.41. The third-order valence-electron chi connectivity index (χ3n) is 3.39. The molecule has 0 radical (unpaired) electrons. The lowest BCUT2D eigenvalue weighted by Crippen LogP contribution is -2.20. The summed E-state index contributed by atoms with van der Waals surface area (Å²) >= 11 is 0. The molecule has 0 saturated heterocycles. The third kappa shape index (κ3) is 4.05. The Morgan fingerprint density at radius 3 is 2.85 bits per heavy atom. The van der Waals surface area contributed by atoms with Gasteiger partial charge in [0, 0.05) is 32.1 Å². The van der Waals surface area contributed by atoms with E-state index in [1.165, 1.54) is 10.9 Å². The molecule has 0 aliphatic carbocycles. The van der Waals surface area contributed by atoms with E-state index >= 15 is 0 Å². The van der Waals surface area contributed by atoms with E-state index in [2.05, 4.69) is 42.5 Å². The second-order valence-electron chi connectivity index (χ2n) is 5.56. The lowest BCUT2D eigenvalue weighted by atomic mass is 10.1. The summed E-state index contributed by atoms with van der Waals surface area (Å²) in [7, 11) is 1.99. The normalized spacial score (nSPS) is 11.6. The van der Waals surface area contributed by atoms with Crippen LogP contribution in [0.25, 0.3) is 10.9 Å². The Labute approximate surface area is 121 Å². The monoisotopic (exact) mass is 275 g/mol. The Hall–Kier alpha value is -1.39. The zero-order chi connectivity index (χ0) is 14.4. The van der Waals surface area contributed by atoms with Crippen molar-refractivity contribution in [2.75, 3.05) is 19.8 Å². The van der Waals surface area contributed by atoms with Crippen LogP contribution in [0.15, 0.2) is 24.3 Å². The number of aromatic nitrogens is 2. The van der Waals surface area contributed by atoms with Gasteiger partial charge in [-0.2, -0.15) is 5.10 Å². The van der Waals surface area contributed by atoms with Crippen LogP contribution in [-0.2, 0) is 18.3 Å². The van der Waals surface area contributed by atoms with Gasteiger partial charge in [-0.15, -0.1) is 0 Å². The molecule has 0 amide bonds. The van der Waals surface area contributed by atoms with E-state index in [0.717, 1.165) is 38.4 Å². The van der Waals surface area contributed by atoms with Crippen molar-refractivity contribution in [1.82, 2.24) is 15.1 Å². The summed E-state index contributed by atoms with van der Waals surface area (Å²) in [6, 6.07) is 8.33. The number of para-hydroxylation sites is 1. The van der Waals surface area contributed by atoms with Crippen molar-refractivity contribution in [3.05, 3.63) is 30.0 Å². The van der Waals surface area contributed by atoms with Gasteiger partial charge >= 0.3 is 0 Å². The van der Waals surface area contributed by atoms with Crippen molar-refractivity contribution < 1.29 is 4.74 Å². The van der Waals surface area contributed by atoms with Crippen LogP contribution < -0.4 is 5.32 Å². The Bertz CT molecular complexity index is 534. The predicted octanol–water partition coefficient (Wildman–Crippen LogP) is 2.73. The molecule has 0 spiro atoms. The van der Waals surface area contributed by atoms with Gasteiger partial charge in [0.15, 0.2) is 0 Å². The highest BCUT2D eigenvalue weighted by Crippen LogP contribution is 2.16. The summed E-state index contributed by atoms with van der Waals surface area (Å²) in [5.74, 6) is 0.711. The van der Waals surface area contributed by atoms with E-state index in [9.17, 15) is 0 Å². The first-order valence-corrected chi connectivity index (χ1v) is 7.37. The van der Waals surface area contributed by atoms with Gasteiger partial charge in [0.05, 0.1) is 17.8 Å². The highest BCUT2D eigenvalue weighted by atomic mass is 16.5. The fraction of sp³-hybridized carbons (Fsp3) is 0.562. The molecule has 110 valence electrons. The largest absolute Gasteiger partial charge is 0.380 e. The third-order valence-corrected chi connectivity index (χ3v) is 3.39. The van der Waals surface area contributed by atoms with Gasteiger partial charge in [-0.25, -0.2) is 0 Å². The van der Waals surface area contributed by atoms with Crippen molar-refractivity contribution >= 4 is 10.9 Å². The van der Waals surface area contributed by atoms with E-state index in [1.54, 1.807) is 0 Å². The SMILES string of the molecule is CC(C)CCOCCNCc1nn(C)c2ccccc12. The molecule has 0 aliphatic heterocycles. The molecule has 1 N–H and O–H groups in total. The number of nitrogens with zero attached hydrogens (tertiary/aromatic N) is 2. The average molecular weight is 275 g/mol. The molecular weight excluding hydrogens is 250 g/mol. The number of nitrogens with one attached hydrogen (secondary N) is 1. The van der Waals surface area contributed by atoms with Crippen LogP contribution >= 0.6 is 0 Å². The fourth-order valence-corrected chi connectivity index (χ4v) is 2.19. The van der Waals surface area contributed by atoms with Crippen LogP contribution in [0.5, 0.6) is 0 Å². The average Bonchev–Trinajstić information content (AvgIpc) is 2.75. The summed E-state index contributed by atoms with van der Waals surface area (Å²) in [6.45, 7) is 7.70. The molecule has 4 heteroatoms. The first-order chi connectivity index (χ1) is 9.68. The Morgan fingerprint density at radius 2 is 2.05 bits per heavy atom. The van der Waals surface area contributed by atoms with Crippen LogP contribution in [-0.4, -0.2) is 29.5 Å². The van der Waals surface area contributed by atoms with Gasteiger partial charge in [0.1, 0.15) is 0 Å². The summed E-state index contributed by atoms with van der Waals surface area (Å²) in [5, 5.41) is 9.18. The molecule has 4 nitrogen and oxygen atoms in total. The smallest absolute Gasteiger partial charge is 0.0841 e. The minimum Gasteiger partial charge on any atom is -0.380 e. The molecule has 20 heavy (non-hydrogen) atoms. The number of benzene rings is 1. The Balaban J connectivity index is 1.74. The van der Waals surface area contributed by atoms with E-state index in [1.807, 2.05) is 17.8 Å². The molecule has 2 aromatic rings. The standard InChI is InChI=1S/C16H25N3O/c1-13(2)8-10-20-11-9-17-12-15-14-6-4-5-7-16(14)19(3)18-15/h4-7,13,17H,8-12H2,1-3H3. The van der Waals surface area contributed by atoms with Gasteiger partial charge < -0.3 is 10.1 Å². The molecule has 0 aliphatic rings. The molecule has 0 atom stereocenters. The number of hydrogen-bond acceptors (Lipinski definition) is 3. The molecule has 0 unspecified atom stereocenters. The zero-order valence-corrected chi connectivity index (χ0v) is 12.7. The van der Waals surface area contributed by atoms with Crippen molar-refractivity contribution in [2.24, 2.45) is 13.0 Å². The van der Waals surface area contributed by atoms with Gasteiger partial charge in [-0.1, -0.05) is 32.0 Å². The summed E-state index contributed by atoms with van der Waals surface area (Å²) in [4.78, 5) is 0. The highest BCUT2D eigenvalue weighted by molar-refractivity contribution is 5.81. The Kier molecular flexibility index (Phi) is 5.56. The fourth-order valence-electron chi connectivity index (χ4n) is 2.19. The number of ether oxygens (including phenoxy) is 1. The van der Waals surface area contributed by atoms with Crippen LogP contribution in [0.1, 0.15) is 26.0 Å². The topological polar surface area (TPSA) is 39.1 Å². The lowest BCUT2D eigenvalue weighted by Gasteiger charge is -2.07.